The number of nitrogens with one attached hydrogen (secondary N) is 2. The zero-order chi connectivity index (χ0) is 22.4. The zero-order valence-corrected chi connectivity index (χ0v) is 18.5. The van der Waals surface area contributed by atoms with Gasteiger partial charge in [-0.25, -0.2) is 10.2 Å². The molecule has 2 unspecified atom stereocenters. The molecule has 0 fully saturated rings. The number of unbranched alkanes of at least 4 members (excludes halogenated alkanes) is 2. The van der Waals surface area contributed by atoms with E-state index in [1.165, 1.54) is 24.3 Å². The first kappa shape index (κ1) is 25.7. The van der Waals surface area contributed by atoms with Crippen LogP contribution in [0.2, 0.25) is 0 Å². The van der Waals surface area contributed by atoms with Gasteiger partial charge in [-0.1, -0.05) is 26.7 Å². The molecule has 0 heterocycles. The van der Waals surface area contributed by atoms with Gasteiger partial charge in [0.2, 0.25) is 8.45 Å². The maximum atomic E-state index is 12.1. The van der Waals surface area contributed by atoms with Crippen LogP contribution in [0.5, 0.6) is 5.75 Å². The molecule has 0 aromatic heterocycles. The Morgan fingerprint density at radius 3 is 2.27 bits per heavy atom. The summed E-state index contributed by atoms with van der Waals surface area (Å²) >= 11 is 0. The van der Waals surface area contributed by atoms with E-state index < -0.39 is 31.4 Å². The van der Waals surface area contributed by atoms with Crippen LogP contribution in [-0.2, 0) is 19.1 Å². The summed E-state index contributed by atoms with van der Waals surface area (Å²) in [7, 11) is -1.68. The van der Waals surface area contributed by atoms with Crippen molar-refractivity contribution in [2.45, 2.75) is 52.5 Å². The molecule has 0 aliphatic carbocycles. The molecular weight excluding hydrogens is 413 g/mol. The smallest absolute Gasteiger partial charge is 0.323 e. The van der Waals surface area contributed by atoms with Gasteiger partial charge in [0, 0.05) is 12.1 Å². The van der Waals surface area contributed by atoms with Gasteiger partial charge in [0.15, 0.2) is 0 Å². The standard InChI is InChI=1S/C19H30N3O7P/c1-4-6-12-27-18(23)14-20-30(21-15(3)19(24)28-13-7-5-2)29-17-10-8-16(9-11-17)22(25)26/h8-11,15,20-21H,4-7,12-14H2,1-3H3. The van der Waals surface area contributed by atoms with Crippen LogP contribution in [0.4, 0.5) is 5.69 Å². The highest BCUT2D eigenvalue weighted by atomic mass is 31.2. The van der Waals surface area contributed by atoms with Crippen molar-refractivity contribution in [3.63, 3.8) is 0 Å². The van der Waals surface area contributed by atoms with Gasteiger partial charge in [-0.3, -0.25) is 19.7 Å². The number of nitrogens with zero attached hydrogens (tertiary/aromatic N) is 1. The fraction of sp³-hybridized carbons (Fsp3) is 0.579. The third-order valence-electron chi connectivity index (χ3n) is 3.78. The molecular formula is C19H30N3O7P. The van der Waals surface area contributed by atoms with Gasteiger partial charge in [0.05, 0.1) is 18.1 Å². The molecule has 168 valence electrons. The van der Waals surface area contributed by atoms with E-state index in [9.17, 15) is 19.7 Å². The van der Waals surface area contributed by atoms with Crippen LogP contribution in [-0.4, -0.2) is 42.7 Å². The molecule has 0 saturated heterocycles. The Morgan fingerprint density at radius 1 is 1.10 bits per heavy atom. The molecule has 0 spiro atoms. The fourth-order valence-corrected chi connectivity index (χ4v) is 3.30. The topological polar surface area (TPSA) is 129 Å². The zero-order valence-electron chi connectivity index (χ0n) is 17.6. The highest BCUT2D eigenvalue weighted by molar-refractivity contribution is 7.48. The van der Waals surface area contributed by atoms with E-state index in [0.717, 1.165) is 25.7 Å². The van der Waals surface area contributed by atoms with Gasteiger partial charge < -0.3 is 14.0 Å². The van der Waals surface area contributed by atoms with E-state index in [1.807, 2.05) is 13.8 Å². The summed E-state index contributed by atoms with van der Waals surface area (Å²) in [6, 6.07) is 4.82. The second-order valence-electron chi connectivity index (χ2n) is 6.42. The average Bonchev–Trinajstić information content (AvgIpc) is 2.72. The van der Waals surface area contributed by atoms with E-state index in [4.69, 9.17) is 14.0 Å². The maximum absolute atomic E-state index is 12.1. The summed E-state index contributed by atoms with van der Waals surface area (Å²) < 4.78 is 16.1. The minimum absolute atomic E-state index is 0.0695. The highest BCUT2D eigenvalue weighted by Gasteiger charge is 2.22. The van der Waals surface area contributed by atoms with Gasteiger partial charge >= 0.3 is 11.9 Å². The predicted molar refractivity (Wildman–Crippen MR) is 113 cm³/mol. The van der Waals surface area contributed by atoms with Crippen LogP contribution in [0.15, 0.2) is 24.3 Å². The number of hydrogen-bond acceptors (Lipinski definition) is 9. The number of hydrogen-bond donors (Lipinski definition) is 2. The summed E-state index contributed by atoms with van der Waals surface area (Å²) in [4.78, 5) is 34.3. The Hall–Kier alpha value is -2.29. The first-order valence-corrected chi connectivity index (χ1v) is 11.2. The van der Waals surface area contributed by atoms with Crippen LogP contribution in [0.3, 0.4) is 0 Å². The Bertz CT molecular complexity index is 673. The highest BCUT2D eigenvalue weighted by Crippen LogP contribution is 2.31. The number of nitro benzene ring substituents is 1. The molecule has 1 aromatic rings. The van der Waals surface area contributed by atoms with E-state index in [1.54, 1.807) is 6.92 Å². The molecule has 1 rings (SSSR count). The van der Waals surface area contributed by atoms with Crippen molar-refractivity contribution in [1.29, 1.82) is 0 Å². The largest absolute Gasteiger partial charge is 0.465 e. The maximum Gasteiger partial charge on any atom is 0.323 e. The monoisotopic (exact) mass is 443 g/mol. The molecule has 2 N–H and O–H groups in total. The van der Waals surface area contributed by atoms with Gasteiger partial charge in [-0.15, -0.1) is 0 Å². The minimum atomic E-state index is -1.68. The Balaban J connectivity index is 2.70. The molecule has 1 aromatic carbocycles. The van der Waals surface area contributed by atoms with Crippen molar-refractivity contribution in [2.75, 3.05) is 19.8 Å². The number of nitro groups is 1. The second kappa shape index (κ2) is 14.7. The summed E-state index contributed by atoms with van der Waals surface area (Å²) in [6.07, 6.45) is 3.37. The van der Waals surface area contributed by atoms with E-state index in [0.29, 0.717) is 19.0 Å². The number of carbonyl (C=O) groups excluding carboxylic acids is 2. The molecule has 30 heavy (non-hydrogen) atoms. The van der Waals surface area contributed by atoms with Crippen molar-refractivity contribution < 1.29 is 28.5 Å². The lowest BCUT2D eigenvalue weighted by Gasteiger charge is -2.22. The number of esters is 2. The average molecular weight is 443 g/mol. The Kier molecular flexibility index (Phi) is 12.6. The van der Waals surface area contributed by atoms with Gasteiger partial charge in [0.25, 0.3) is 5.69 Å². The van der Waals surface area contributed by atoms with Crippen molar-refractivity contribution in [1.82, 2.24) is 10.2 Å². The summed E-state index contributed by atoms with van der Waals surface area (Å²) in [5.74, 6) is -0.531. The molecule has 0 amide bonds. The third-order valence-corrected chi connectivity index (χ3v) is 5.24. The van der Waals surface area contributed by atoms with Crippen LogP contribution < -0.4 is 14.7 Å². The van der Waals surface area contributed by atoms with Crippen LogP contribution >= 0.6 is 8.45 Å². The summed E-state index contributed by atoms with van der Waals surface area (Å²) in [6.45, 7) is 6.17. The molecule has 10 nitrogen and oxygen atoms in total. The lowest BCUT2D eigenvalue weighted by molar-refractivity contribution is -0.384. The number of non-ortho nitro benzene ring substituents is 1. The summed E-state index contributed by atoms with van der Waals surface area (Å²) in [5.41, 5.74) is -0.0695. The number of ether oxygens (including phenoxy) is 2. The molecule has 11 heteroatoms. The Morgan fingerprint density at radius 2 is 1.70 bits per heavy atom. The predicted octanol–water partition coefficient (Wildman–Crippen LogP) is 3.45. The number of benzene rings is 1. The van der Waals surface area contributed by atoms with E-state index in [-0.39, 0.29) is 12.2 Å². The SMILES string of the molecule is CCCCOC(=O)CNP(NC(C)C(=O)OCCCC)Oc1ccc([N+](=O)[O-])cc1. The third kappa shape index (κ3) is 10.5. The van der Waals surface area contributed by atoms with Gasteiger partial charge in [-0.05, 0) is 31.9 Å². The summed E-state index contributed by atoms with van der Waals surface area (Å²) in [5, 5.41) is 16.7. The van der Waals surface area contributed by atoms with E-state index in [2.05, 4.69) is 10.2 Å². The van der Waals surface area contributed by atoms with Crippen molar-refractivity contribution >= 4 is 26.1 Å². The Labute approximate surface area is 177 Å². The number of carbonyl (C=O) groups is 2. The first-order valence-electron chi connectivity index (χ1n) is 9.91. The van der Waals surface area contributed by atoms with Gasteiger partial charge in [0.1, 0.15) is 18.3 Å². The minimum Gasteiger partial charge on any atom is -0.465 e. The van der Waals surface area contributed by atoms with Crippen LogP contribution in [0.25, 0.3) is 0 Å². The lowest BCUT2D eigenvalue weighted by atomic mass is 10.3. The van der Waals surface area contributed by atoms with Crippen molar-refractivity contribution in [3.05, 3.63) is 34.4 Å². The first-order chi connectivity index (χ1) is 14.4. The fourth-order valence-electron chi connectivity index (χ4n) is 2.03. The number of rotatable bonds is 15. The quantitative estimate of drug-likeness (QED) is 0.138. The van der Waals surface area contributed by atoms with Crippen LogP contribution in [0, 0.1) is 10.1 Å². The van der Waals surface area contributed by atoms with E-state index >= 15 is 0 Å². The lowest BCUT2D eigenvalue weighted by Crippen LogP contribution is -2.37. The van der Waals surface area contributed by atoms with Crippen LogP contribution in [0.1, 0.15) is 46.5 Å². The second-order valence-corrected chi connectivity index (χ2v) is 7.76. The molecule has 2 atom stereocenters. The normalized spacial score (nSPS) is 12.6. The molecule has 0 radical (unpaired) electrons. The van der Waals surface area contributed by atoms with Gasteiger partial charge in [-0.2, -0.15) is 0 Å². The molecule has 0 saturated carbocycles. The molecule has 0 aliphatic rings. The van der Waals surface area contributed by atoms with Crippen molar-refractivity contribution in [3.8, 4) is 5.75 Å². The molecule has 0 bridgehead atoms. The molecule has 0 aliphatic heterocycles. The van der Waals surface area contributed by atoms with Crippen molar-refractivity contribution in [2.24, 2.45) is 0 Å².